The first-order valence-electron chi connectivity index (χ1n) is 9.15. The summed E-state index contributed by atoms with van der Waals surface area (Å²) in [6.45, 7) is 3.60. The molecule has 0 aromatic heterocycles. The minimum absolute atomic E-state index is 0.0170. The van der Waals surface area contributed by atoms with Crippen LogP contribution in [0, 0.1) is 6.92 Å². The zero-order chi connectivity index (χ0) is 21.8. The van der Waals surface area contributed by atoms with Crippen LogP contribution >= 0.6 is 15.9 Å². The summed E-state index contributed by atoms with van der Waals surface area (Å²) in [5, 5.41) is 15.1. The Kier molecular flexibility index (Phi) is 6.41. The SMILES string of the molecule is CCOc1cc(/C=C2/NC(=O)N(CC(=O)Nc3cccc(C)c3)C2=O)cc(Br)c1O. The molecule has 156 valence electrons. The molecule has 0 unspecified atom stereocenters. The Balaban J connectivity index is 1.75. The molecule has 0 aliphatic carbocycles. The van der Waals surface area contributed by atoms with Crippen molar-refractivity contribution in [1.82, 2.24) is 10.2 Å². The van der Waals surface area contributed by atoms with Crippen molar-refractivity contribution in [3.8, 4) is 11.5 Å². The highest BCUT2D eigenvalue weighted by Crippen LogP contribution is 2.36. The Bertz CT molecular complexity index is 1050. The van der Waals surface area contributed by atoms with E-state index in [1.807, 2.05) is 13.0 Å². The fourth-order valence-corrected chi connectivity index (χ4v) is 3.35. The van der Waals surface area contributed by atoms with Gasteiger partial charge in [0.2, 0.25) is 5.91 Å². The summed E-state index contributed by atoms with van der Waals surface area (Å²) >= 11 is 3.23. The number of aromatic hydroxyl groups is 1. The fourth-order valence-electron chi connectivity index (χ4n) is 2.89. The highest BCUT2D eigenvalue weighted by atomic mass is 79.9. The first-order chi connectivity index (χ1) is 14.3. The van der Waals surface area contributed by atoms with Crippen molar-refractivity contribution in [1.29, 1.82) is 0 Å². The lowest BCUT2D eigenvalue weighted by Gasteiger charge is -2.12. The summed E-state index contributed by atoms with van der Waals surface area (Å²) in [5.41, 5.74) is 2.10. The number of ether oxygens (including phenoxy) is 1. The van der Waals surface area contributed by atoms with Gasteiger partial charge in [0, 0.05) is 5.69 Å². The van der Waals surface area contributed by atoms with E-state index >= 15 is 0 Å². The van der Waals surface area contributed by atoms with Crippen LogP contribution in [0.15, 0.2) is 46.6 Å². The summed E-state index contributed by atoms with van der Waals surface area (Å²) in [5.74, 6) is -0.932. The second-order valence-corrected chi connectivity index (χ2v) is 7.43. The lowest BCUT2D eigenvalue weighted by Crippen LogP contribution is -2.38. The lowest BCUT2D eigenvalue weighted by atomic mass is 10.1. The average molecular weight is 474 g/mol. The highest BCUT2D eigenvalue weighted by Gasteiger charge is 2.35. The van der Waals surface area contributed by atoms with E-state index in [1.165, 1.54) is 6.08 Å². The van der Waals surface area contributed by atoms with Crippen LogP contribution in [0.4, 0.5) is 10.5 Å². The second-order valence-electron chi connectivity index (χ2n) is 6.58. The topological polar surface area (TPSA) is 108 Å². The summed E-state index contributed by atoms with van der Waals surface area (Å²) < 4.78 is 5.75. The number of carbonyl (C=O) groups excluding carboxylic acids is 3. The molecular weight excluding hydrogens is 454 g/mol. The molecular formula is C21H20BrN3O5. The molecule has 3 N–H and O–H groups in total. The quantitative estimate of drug-likeness (QED) is 0.440. The van der Waals surface area contributed by atoms with Crippen molar-refractivity contribution in [2.75, 3.05) is 18.5 Å². The van der Waals surface area contributed by atoms with Gasteiger partial charge in [-0.3, -0.25) is 9.59 Å². The van der Waals surface area contributed by atoms with Gasteiger partial charge in [-0.1, -0.05) is 12.1 Å². The van der Waals surface area contributed by atoms with Gasteiger partial charge < -0.3 is 20.5 Å². The van der Waals surface area contributed by atoms with Crippen LogP contribution in [0.2, 0.25) is 0 Å². The number of nitrogens with one attached hydrogen (secondary N) is 2. The molecule has 2 aromatic rings. The second kappa shape index (κ2) is 9.00. The van der Waals surface area contributed by atoms with Crippen LogP contribution in [-0.4, -0.2) is 41.0 Å². The predicted molar refractivity (Wildman–Crippen MR) is 115 cm³/mol. The number of halogens is 1. The molecule has 1 fully saturated rings. The first-order valence-corrected chi connectivity index (χ1v) is 9.94. The molecule has 0 bridgehead atoms. The molecule has 1 aliphatic heterocycles. The van der Waals surface area contributed by atoms with Gasteiger partial charge in [0.15, 0.2) is 11.5 Å². The summed E-state index contributed by atoms with van der Waals surface area (Å²) in [6.07, 6.45) is 1.45. The fraction of sp³-hybridized carbons (Fsp3) is 0.190. The normalized spacial score (nSPS) is 14.8. The van der Waals surface area contributed by atoms with E-state index in [0.717, 1.165) is 10.5 Å². The highest BCUT2D eigenvalue weighted by molar-refractivity contribution is 9.10. The van der Waals surface area contributed by atoms with Gasteiger partial charge in [0.1, 0.15) is 12.2 Å². The Morgan fingerprint density at radius 1 is 1.30 bits per heavy atom. The van der Waals surface area contributed by atoms with Crippen molar-refractivity contribution in [2.24, 2.45) is 0 Å². The smallest absolute Gasteiger partial charge is 0.329 e. The van der Waals surface area contributed by atoms with Gasteiger partial charge >= 0.3 is 6.03 Å². The third kappa shape index (κ3) is 4.80. The van der Waals surface area contributed by atoms with Crippen LogP contribution in [0.3, 0.4) is 0 Å². The maximum absolute atomic E-state index is 12.6. The lowest BCUT2D eigenvalue weighted by molar-refractivity contribution is -0.127. The number of phenolic OH excluding ortho intramolecular Hbond substituents is 1. The zero-order valence-electron chi connectivity index (χ0n) is 16.4. The molecule has 4 amide bonds. The molecule has 1 aliphatic rings. The number of phenols is 1. The predicted octanol–water partition coefficient (Wildman–Crippen LogP) is 3.39. The number of carbonyl (C=O) groups is 3. The molecule has 0 spiro atoms. The van der Waals surface area contributed by atoms with Gasteiger partial charge in [-0.25, -0.2) is 9.69 Å². The number of amides is 4. The molecule has 0 atom stereocenters. The van der Waals surface area contributed by atoms with Crippen LogP contribution in [-0.2, 0) is 9.59 Å². The number of urea groups is 1. The van der Waals surface area contributed by atoms with E-state index in [9.17, 15) is 19.5 Å². The molecule has 9 heteroatoms. The van der Waals surface area contributed by atoms with Crippen molar-refractivity contribution < 1.29 is 24.2 Å². The summed E-state index contributed by atoms with van der Waals surface area (Å²) in [4.78, 5) is 38.0. The standard InChI is InChI=1S/C21H20BrN3O5/c1-3-30-17-10-13(8-15(22)19(17)27)9-16-20(28)25(21(29)24-16)11-18(26)23-14-6-4-5-12(2)7-14/h4-10,27H,3,11H2,1-2H3,(H,23,26)(H,24,29)/b16-9+. The maximum Gasteiger partial charge on any atom is 0.329 e. The molecule has 30 heavy (non-hydrogen) atoms. The maximum atomic E-state index is 12.6. The molecule has 3 rings (SSSR count). The summed E-state index contributed by atoms with van der Waals surface area (Å²) in [6, 6.07) is 9.64. The van der Waals surface area contributed by atoms with E-state index < -0.39 is 24.4 Å². The third-order valence-electron chi connectivity index (χ3n) is 4.23. The number of hydrogen-bond donors (Lipinski definition) is 3. The van der Waals surface area contributed by atoms with Crippen molar-refractivity contribution in [3.05, 3.63) is 57.7 Å². The minimum atomic E-state index is -0.687. The average Bonchev–Trinajstić information content (AvgIpc) is 2.93. The molecule has 0 radical (unpaired) electrons. The van der Waals surface area contributed by atoms with E-state index in [2.05, 4.69) is 26.6 Å². The van der Waals surface area contributed by atoms with Crippen LogP contribution in [0.25, 0.3) is 6.08 Å². The van der Waals surface area contributed by atoms with Crippen LogP contribution in [0.1, 0.15) is 18.1 Å². The van der Waals surface area contributed by atoms with Gasteiger partial charge in [-0.2, -0.15) is 0 Å². The Morgan fingerprint density at radius 2 is 2.07 bits per heavy atom. The minimum Gasteiger partial charge on any atom is -0.503 e. The van der Waals surface area contributed by atoms with Crippen LogP contribution in [0.5, 0.6) is 11.5 Å². The number of nitrogens with zero attached hydrogens (tertiary/aromatic N) is 1. The number of imide groups is 1. The van der Waals surface area contributed by atoms with Gasteiger partial charge in [-0.15, -0.1) is 0 Å². The summed E-state index contributed by atoms with van der Waals surface area (Å²) in [7, 11) is 0. The molecule has 2 aromatic carbocycles. The number of aryl methyl sites for hydroxylation is 1. The van der Waals surface area contributed by atoms with Gasteiger partial charge in [0.25, 0.3) is 5.91 Å². The van der Waals surface area contributed by atoms with E-state index in [1.54, 1.807) is 37.3 Å². The number of benzene rings is 2. The number of rotatable bonds is 6. The number of hydrogen-bond acceptors (Lipinski definition) is 5. The van der Waals surface area contributed by atoms with E-state index in [-0.39, 0.29) is 17.2 Å². The molecule has 1 heterocycles. The molecule has 8 nitrogen and oxygen atoms in total. The largest absolute Gasteiger partial charge is 0.503 e. The van der Waals surface area contributed by atoms with E-state index in [0.29, 0.717) is 22.3 Å². The first kappa shape index (κ1) is 21.4. The van der Waals surface area contributed by atoms with Crippen LogP contribution < -0.4 is 15.4 Å². The third-order valence-corrected chi connectivity index (χ3v) is 4.83. The van der Waals surface area contributed by atoms with E-state index in [4.69, 9.17) is 4.74 Å². The Hall–Kier alpha value is -3.33. The monoisotopic (exact) mass is 473 g/mol. The van der Waals surface area contributed by atoms with Gasteiger partial charge in [0.05, 0.1) is 11.1 Å². The van der Waals surface area contributed by atoms with Crippen molar-refractivity contribution in [3.63, 3.8) is 0 Å². The molecule has 0 saturated carbocycles. The van der Waals surface area contributed by atoms with Crippen molar-refractivity contribution in [2.45, 2.75) is 13.8 Å². The van der Waals surface area contributed by atoms with Crippen molar-refractivity contribution >= 4 is 45.5 Å². The molecule has 1 saturated heterocycles. The zero-order valence-corrected chi connectivity index (χ0v) is 17.9. The van der Waals surface area contributed by atoms with Gasteiger partial charge in [-0.05, 0) is 71.2 Å². The number of anilines is 1. The Labute approximate surface area is 181 Å². The Morgan fingerprint density at radius 3 is 2.77 bits per heavy atom.